The predicted molar refractivity (Wildman–Crippen MR) is 74.5 cm³/mol. The maximum atomic E-state index is 5.85. The fourth-order valence-corrected chi connectivity index (χ4v) is 1.80. The van der Waals surface area contributed by atoms with Crippen LogP contribution < -0.4 is 15.8 Å². The van der Waals surface area contributed by atoms with Crippen molar-refractivity contribution in [1.29, 1.82) is 0 Å². The van der Waals surface area contributed by atoms with Gasteiger partial charge in [-0.05, 0) is 27.6 Å². The molecule has 0 unspecified atom stereocenters. The van der Waals surface area contributed by atoms with Crippen molar-refractivity contribution in [3.63, 3.8) is 0 Å². The number of rotatable bonds is 4. The number of anilines is 2. The lowest BCUT2D eigenvalue weighted by Crippen LogP contribution is -2.06. The lowest BCUT2D eigenvalue weighted by molar-refractivity contribution is 0.394. The second-order valence-electron chi connectivity index (χ2n) is 3.60. The van der Waals surface area contributed by atoms with Crippen LogP contribution >= 0.6 is 15.9 Å². The molecule has 6 heteroatoms. The standard InChI is InChI=1S/C12H13BrN4O/c1-18-11-9(13)7-16-12(17-11)15-6-8-4-2-3-5-10(8)14/h2-5,7H,6,14H2,1H3,(H,15,16,17). The van der Waals surface area contributed by atoms with Crippen molar-refractivity contribution < 1.29 is 4.74 Å². The Kier molecular flexibility index (Phi) is 3.99. The first-order chi connectivity index (χ1) is 8.70. The SMILES string of the molecule is COc1nc(NCc2ccccc2N)ncc1Br. The number of nitrogens with zero attached hydrogens (tertiary/aromatic N) is 2. The third-order valence-corrected chi connectivity index (χ3v) is 2.94. The summed E-state index contributed by atoms with van der Waals surface area (Å²) in [5.74, 6) is 0.992. The molecule has 1 heterocycles. The lowest BCUT2D eigenvalue weighted by Gasteiger charge is -2.08. The Labute approximate surface area is 114 Å². The Morgan fingerprint density at radius 1 is 1.39 bits per heavy atom. The lowest BCUT2D eigenvalue weighted by atomic mass is 10.2. The fraction of sp³-hybridized carbons (Fsp3) is 0.167. The van der Waals surface area contributed by atoms with Gasteiger partial charge in [-0.25, -0.2) is 4.98 Å². The van der Waals surface area contributed by atoms with E-state index in [1.165, 1.54) is 0 Å². The van der Waals surface area contributed by atoms with Gasteiger partial charge in [0, 0.05) is 12.2 Å². The maximum absolute atomic E-state index is 5.85. The molecule has 2 rings (SSSR count). The normalized spacial score (nSPS) is 10.1. The van der Waals surface area contributed by atoms with Crippen molar-refractivity contribution in [2.45, 2.75) is 6.54 Å². The van der Waals surface area contributed by atoms with Crippen LogP contribution in [-0.2, 0) is 6.54 Å². The summed E-state index contributed by atoms with van der Waals surface area (Å²) in [6.45, 7) is 0.567. The van der Waals surface area contributed by atoms with Crippen LogP contribution in [0.5, 0.6) is 5.88 Å². The zero-order valence-electron chi connectivity index (χ0n) is 9.85. The first-order valence-electron chi connectivity index (χ1n) is 5.34. The molecule has 1 aromatic heterocycles. The van der Waals surface area contributed by atoms with Gasteiger partial charge in [0.2, 0.25) is 11.8 Å². The largest absolute Gasteiger partial charge is 0.480 e. The molecule has 0 fully saturated rings. The van der Waals surface area contributed by atoms with Crippen LogP contribution in [-0.4, -0.2) is 17.1 Å². The minimum atomic E-state index is 0.494. The first kappa shape index (κ1) is 12.6. The average molecular weight is 309 g/mol. The molecule has 0 radical (unpaired) electrons. The molecule has 2 aromatic rings. The van der Waals surface area contributed by atoms with Crippen molar-refractivity contribution in [2.75, 3.05) is 18.2 Å². The van der Waals surface area contributed by atoms with E-state index in [9.17, 15) is 0 Å². The summed E-state index contributed by atoms with van der Waals surface area (Å²) in [7, 11) is 1.56. The van der Waals surface area contributed by atoms with Crippen LogP contribution in [0.3, 0.4) is 0 Å². The van der Waals surface area contributed by atoms with Crippen molar-refractivity contribution in [2.24, 2.45) is 0 Å². The number of aromatic nitrogens is 2. The topological polar surface area (TPSA) is 73.1 Å². The third-order valence-electron chi connectivity index (χ3n) is 2.40. The Morgan fingerprint density at radius 3 is 2.89 bits per heavy atom. The number of hydrogen-bond acceptors (Lipinski definition) is 5. The van der Waals surface area contributed by atoms with Gasteiger partial charge in [0.05, 0.1) is 17.8 Å². The summed E-state index contributed by atoms with van der Waals surface area (Å²) in [6, 6.07) is 7.66. The van der Waals surface area contributed by atoms with Gasteiger partial charge in [-0.1, -0.05) is 18.2 Å². The van der Waals surface area contributed by atoms with E-state index >= 15 is 0 Å². The Morgan fingerprint density at radius 2 is 2.17 bits per heavy atom. The predicted octanol–water partition coefficient (Wildman–Crippen LogP) is 2.44. The summed E-state index contributed by atoms with van der Waals surface area (Å²) >= 11 is 3.30. The van der Waals surface area contributed by atoms with Gasteiger partial charge in [-0.3, -0.25) is 0 Å². The van der Waals surface area contributed by atoms with Crippen molar-refractivity contribution >= 4 is 27.6 Å². The highest BCUT2D eigenvalue weighted by molar-refractivity contribution is 9.10. The van der Waals surface area contributed by atoms with Gasteiger partial charge in [-0.2, -0.15) is 4.98 Å². The van der Waals surface area contributed by atoms with Gasteiger partial charge in [-0.15, -0.1) is 0 Å². The number of nitrogen functional groups attached to an aromatic ring is 1. The number of methoxy groups -OCH3 is 1. The van der Waals surface area contributed by atoms with Gasteiger partial charge in [0.15, 0.2) is 0 Å². The molecule has 0 spiro atoms. The quantitative estimate of drug-likeness (QED) is 0.849. The number of nitrogens with two attached hydrogens (primary N) is 1. The third kappa shape index (κ3) is 2.89. The van der Waals surface area contributed by atoms with Gasteiger partial charge in [0.1, 0.15) is 0 Å². The van der Waals surface area contributed by atoms with Crippen LogP contribution in [0.1, 0.15) is 5.56 Å². The zero-order chi connectivity index (χ0) is 13.0. The van der Waals surface area contributed by atoms with E-state index in [1.54, 1.807) is 13.3 Å². The van der Waals surface area contributed by atoms with E-state index < -0.39 is 0 Å². The van der Waals surface area contributed by atoms with Crippen LogP contribution in [0, 0.1) is 0 Å². The fourth-order valence-electron chi connectivity index (χ4n) is 1.45. The molecule has 0 saturated heterocycles. The number of ether oxygens (including phenoxy) is 1. The van der Waals surface area contributed by atoms with Crippen molar-refractivity contribution in [1.82, 2.24) is 9.97 Å². The van der Waals surface area contributed by atoms with Gasteiger partial charge >= 0.3 is 0 Å². The number of benzene rings is 1. The molecular weight excluding hydrogens is 296 g/mol. The monoisotopic (exact) mass is 308 g/mol. The molecule has 0 aliphatic heterocycles. The van der Waals surface area contributed by atoms with Crippen LogP contribution in [0.4, 0.5) is 11.6 Å². The smallest absolute Gasteiger partial charge is 0.232 e. The number of halogens is 1. The molecule has 3 N–H and O–H groups in total. The average Bonchev–Trinajstić information content (AvgIpc) is 2.39. The highest BCUT2D eigenvalue weighted by Crippen LogP contribution is 2.22. The molecule has 1 aromatic carbocycles. The molecule has 5 nitrogen and oxygen atoms in total. The van der Waals surface area contributed by atoms with Crippen LogP contribution in [0.2, 0.25) is 0 Å². The molecule has 0 aliphatic rings. The summed E-state index contributed by atoms with van der Waals surface area (Å²) in [6.07, 6.45) is 1.64. The van der Waals surface area contributed by atoms with E-state index in [-0.39, 0.29) is 0 Å². The minimum absolute atomic E-state index is 0.494. The first-order valence-corrected chi connectivity index (χ1v) is 6.14. The number of nitrogens with one attached hydrogen (secondary N) is 1. The highest BCUT2D eigenvalue weighted by atomic mass is 79.9. The Balaban J connectivity index is 2.09. The van der Waals surface area contributed by atoms with E-state index in [0.717, 1.165) is 15.7 Å². The molecule has 0 bridgehead atoms. The minimum Gasteiger partial charge on any atom is -0.480 e. The molecule has 0 amide bonds. The highest BCUT2D eigenvalue weighted by Gasteiger charge is 2.05. The summed E-state index contributed by atoms with van der Waals surface area (Å²) < 4.78 is 5.82. The van der Waals surface area contributed by atoms with Gasteiger partial charge < -0.3 is 15.8 Å². The molecular formula is C12H13BrN4O. The second-order valence-corrected chi connectivity index (χ2v) is 4.46. The number of para-hydroxylation sites is 1. The van der Waals surface area contributed by atoms with Crippen LogP contribution in [0.15, 0.2) is 34.9 Å². The summed E-state index contributed by atoms with van der Waals surface area (Å²) in [4.78, 5) is 8.35. The second kappa shape index (κ2) is 5.68. The van der Waals surface area contributed by atoms with Crippen molar-refractivity contribution in [3.05, 3.63) is 40.5 Å². The molecule has 0 saturated carbocycles. The van der Waals surface area contributed by atoms with E-state index in [0.29, 0.717) is 18.4 Å². The molecule has 18 heavy (non-hydrogen) atoms. The van der Waals surface area contributed by atoms with E-state index in [4.69, 9.17) is 10.5 Å². The maximum Gasteiger partial charge on any atom is 0.232 e. The molecule has 0 aliphatic carbocycles. The van der Waals surface area contributed by atoms with Gasteiger partial charge in [0.25, 0.3) is 0 Å². The van der Waals surface area contributed by atoms with Crippen molar-refractivity contribution in [3.8, 4) is 5.88 Å². The molecule has 0 atom stereocenters. The van der Waals surface area contributed by atoms with Crippen LogP contribution in [0.25, 0.3) is 0 Å². The van der Waals surface area contributed by atoms with E-state index in [1.807, 2.05) is 24.3 Å². The number of hydrogen-bond donors (Lipinski definition) is 2. The summed E-state index contributed by atoms with van der Waals surface area (Å²) in [5.41, 5.74) is 7.60. The Bertz CT molecular complexity index is 547. The Hall–Kier alpha value is -1.82. The van der Waals surface area contributed by atoms with E-state index in [2.05, 4.69) is 31.2 Å². The summed E-state index contributed by atoms with van der Waals surface area (Å²) in [5, 5.41) is 3.10. The molecule has 94 valence electrons. The zero-order valence-corrected chi connectivity index (χ0v) is 11.4.